The topological polar surface area (TPSA) is 38.7 Å². The Bertz CT molecular complexity index is 160. The summed E-state index contributed by atoms with van der Waals surface area (Å²) < 4.78 is 4.66. The maximum Gasteiger partial charge on any atom is 0.433 e. The molecule has 0 aromatic heterocycles. The second-order valence-corrected chi connectivity index (χ2v) is 2.80. The van der Waals surface area contributed by atoms with Gasteiger partial charge in [-0.15, -0.1) is 0 Å². The SMILES string of the molecule is CC1(C)C=NC(=O)OC1. The van der Waals surface area contributed by atoms with Crippen LogP contribution in [0.4, 0.5) is 4.79 Å². The Morgan fingerprint density at radius 2 is 2.44 bits per heavy atom. The molecule has 1 aliphatic heterocycles. The summed E-state index contributed by atoms with van der Waals surface area (Å²) in [7, 11) is 0. The molecule has 9 heavy (non-hydrogen) atoms. The average Bonchev–Trinajstić information content (AvgIpc) is 1.78. The van der Waals surface area contributed by atoms with E-state index >= 15 is 0 Å². The van der Waals surface area contributed by atoms with E-state index in [0.29, 0.717) is 6.61 Å². The van der Waals surface area contributed by atoms with Gasteiger partial charge in [0.15, 0.2) is 0 Å². The van der Waals surface area contributed by atoms with E-state index in [9.17, 15) is 4.79 Å². The van der Waals surface area contributed by atoms with Crippen molar-refractivity contribution in [2.24, 2.45) is 10.4 Å². The van der Waals surface area contributed by atoms with E-state index in [1.54, 1.807) is 6.21 Å². The number of carbonyl (C=O) groups excluding carboxylic acids is 1. The highest BCUT2D eigenvalue weighted by atomic mass is 16.5. The van der Waals surface area contributed by atoms with E-state index in [-0.39, 0.29) is 5.41 Å². The number of nitrogens with zero attached hydrogens (tertiary/aromatic N) is 1. The van der Waals surface area contributed by atoms with Crippen LogP contribution in [0.25, 0.3) is 0 Å². The van der Waals surface area contributed by atoms with Crippen LogP contribution in [0.15, 0.2) is 4.99 Å². The molecule has 50 valence electrons. The van der Waals surface area contributed by atoms with Crippen LogP contribution in [-0.4, -0.2) is 18.9 Å². The summed E-state index contributed by atoms with van der Waals surface area (Å²) >= 11 is 0. The number of amides is 1. The Morgan fingerprint density at radius 3 is 2.78 bits per heavy atom. The minimum Gasteiger partial charge on any atom is -0.447 e. The van der Waals surface area contributed by atoms with Gasteiger partial charge in [-0.05, 0) is 0 Å². The summed E-state index contributed by atoms with van der Waals surface area (Å²) in [4.78, 5) is 13.8. The number of aliphatic imine (C=N–C) groups is 1. The summed E-state index contributed by atoms with van der Waals surface area (Å²) in [6.07, 6.45) is 1.15. The average molecular weight is 127 g/mol. The van der Waals surface area contributed by atoms with Crippen molar-refractivity contribution in [1.82, 2.24) is 0 Å². The van der Waals surface area contributed by atoms with Gasteiger partial charge in [0.1, 0.15) is 6.61 Å². The molecule has 0 aliphatic carbocycles. The van der Waals surface area contributed by atoms with Crippen molar-refractivity contribution in [3.05, 3.63) is 0 Å². The van der Waals surface area contributed by atoms with E-state index < -0.39 is 6.09 Å². The zero-order chi connectivity index (χ0) is 6.91. The smallest absolute Gasteiger partial charge is 0.433 e. The third kappa shape index (κ3) is 1.52. The monoisotopic (exact) mass is 127 g/mol. The van der Waals surface area contributed by atoms with Crippen LogP contribution in [0.3, 0.4) is 0 Å². The van der Waals surface area contributed by atoms with Gasteiger partial charge in [-0.1, -0.05) is 13.8 Å². The molecule has 1 amide bonds. The summed E-state index contributed by atoms with van der Waals surface area (Å²) in [5.41, 5.74) is -0.0755. The number of cyclic esters (lactones) is 1. The summed E-state index contributed by atoms with van der Waals surface area (Å²) in [5.74, 6) is 0. The van der Waals surface area contributed by atoms with Crippen molar-refractivity contribution in [2.75, 3.05) is 6.61 Å². The van der Waals surface area contributed by atoms with Crippen molar-refractivity contribution in [3.8, 4) is 0 Å². The molecule has 0 aromatic rings. The first-order valence-corrected chi connectivity index (χ1v) is 2.82. The predicted octanol–water partition coefficient (Wildman–Crippen LogP) is 1.23. The maximum absolute atomic E-state index is 10.3. The molecule has 1 aliphatic rings. The minimum absolute atomic E-state index is 0.0755. The minimum atomic E-state index is -0.477. The highest BCUT2D eigenvalue weighted by molar-refractivity contribution is 5.83. The van der Waals surface area contributed by atoms with Crippen LogP contribution in [0, 0.1) is 5.41 Å². The standard InChI is InChI=1S/C6H9NO2/c1-6(2)3-7-5(8)9-4-6/h3H,4H2,1-2H3. The number of ether oxygens (including phenoxy) is 1. The lowest BCUT2D eigenvalue weighted by Crippen LogP contribution is -2.27. The van der Waals surface area contributed by atoms with Crippen LogP contribution in [-0.2, 0) is 4.74 Å². The lowest BCUT2D eigenvalue weighted by molar-refractivity contribution is 0.124. The van der Waals surface area contributed by atoms with Gasteiger partial charge in [0.2, 0.25) is 0 Å². The van der Waals surface area contributed by atoms with Crippen molar-refractivity contribution in [1.29, 1.82) is 0 Å². The fourth-order valence-electron chi connectivity index (χ4n) is 0.550. The van der Waals surface area contributed by atoms with Crippen molar-refractivity contribution in [3.63, 3.8) is 0 Å². The molecule has 0 bridgehead atoms. The van der Waals surface area contributed by atoms with Gasteiger partial charge >= 0.3 is 6.09 Å². The molecule has 0 N–H and O–H groups in total. The molecule has 1 heterocycles. The first kappa shape index (κ1) is 6.26. The largest absolute Gasteiger partial charge is 0.447 e. The molecule has 0 radical (unpaired) electrons. The molecule has 0 spiro atoms. The van der Waals surface area contributed by atoms with Crippen LogP contribution in [0.2, 0.25) is 0 Å². The first-order chi connectivity index (χ1) is 4.10. The molecular formula is C6H9NO2. The molecule has 1 rings (SSSR count). The van der Waals surface area contributed by atoms with Crippen molar-refractivity contribution in [2.45, 2.75) is 13.8 Å². The molecule has 0 saturated heterocycles. The summed E-state index contributed by atoms with van der Waals surface area (Å²) in [6, 6.07) is 0. The van der Waals surface area contributed by atoms with E-state index in [0.717, 1.165) is 0 Å². The van der Waals surface area contributed by atoms with E-state index in [1.165, 1.54) is 0 Å². The zero-order valence-electron chi connectivity index (χ0n) is 5.55. The van der Waals surface area contributed by atoms with Crippen LogP contribution in [0.1, 0.15) is 13.8 Å². The summed E-state index contributed by atoms with van der Waals surface area (Å²) in [5, 5.41) is 0. The Hall–Kier alpha value is -0.860. The Labute approximate surface area is 53.7 Å². The number of carbonyl (C=O) groups is 1. The van der Waals surface area contributed by atoms with Gasteiger partial charge in [-0.2, -0.15) is 4.99 Å². The van der Waals surface area contributed by atoms with Gasteiger partial charge < -0.3 is 4.74 Å². The molecular weight excluding hydrogens is 118 g/mol. The van der Waals surface area contributed by atoms with Crippen molar-refractivity contribution >= 4 is 12.3 Å². The van der Waals surface area contributed by atoms with Gasteiger partial charge in [0, 0.05) is 11.6 Å². The Kier molecular flexibility index (Phi) is 1.27. The number of hydrogen-bond acceptors (Lipinski definition) is 2. The van der Waals surface area contributed by atoms with Crippen molar-refractivity contribution < 1.29 is 9.53 Å². The highest BCUT2D eigenvalue weighted by Gasteiger charge is 2.21. The van der Waals surface area contributed by atoms with Crippen LogP contribution < -0.4 is 0 Å². The number of rotatable bonds is 0. The molecule has 0 aromatic carbocycles. The van der Waals surface area contributed by atoms with Gasteiger partial charge in [0.05, 0.1) is 0 Å². The van der Waals surface area contributed by atoms with Crippen LogP contribution in [0.5, 0.6) is 0 Å². The Balaban J connectivity index is 2.69. The van der Waals surface area contributed by atoms with Crippen LogP contribution >= 0.6 is 0 Å². The van der Waals surface area contributed by atoms with Gasteiger partial charge in [-0.3, -0.25) is 0 Å². The molecule has 0 atom stereocenters. The molecule has 3 nitrogen and oxygen atoms in total. The van der Waals surface area contributed by atoms with Gasteiger partial charge in [0.25, 0.3) is 0 Å². The highest BCUT2D eigenvalue weighted by Crippen LogP contribution is 2.15. The van der Waals surface area contributed by atoms with Gasteiger partial charge in [-0.25, -0.2) is 4.79 Å². The second-order valence-electron chi connectivity index (χ2n) is 2.80. The molecule has 0 unspecified atom stereocenters. The van der Waals surface area contributed by atoms with E-state index in [4.69, 9.17) is 0 Å². The normalized spacial score (nSPS) is 23.6. The molecule has 0 saturated carbocycles. The third-order valence-electron chi connectivity index (χ3n) is 1.09. The number of hydrogen-bond donors (Lipinski definition) is 0. The lowest BCUT2D eigenvalue weighted by Gasteiger charge is -2.21. The second kappa shape index (κ2) is 1.83. The maximum atomic E-state index is 10.3. The zero-order valence-corrected chi connectivity index (χ0v) is 5.55. The fraction of sp³-hybridized carbons (Fsp3) is 0.667. The van der Waals surface area contributed by atoms with E-state index in [1.807, 2.05) is 13.8 Å². The molecule has 3 heteroatoms. The predicted molar refractivity (Wildman–Crippen MR) is 33.6 cm³/mol. The molecule has 0 fully saturated rings. The Morgan fingerprint density at radius 1 is 1.78 bits per heavy atom. The van der Waals surface area contributed by atoms with E-state index in [2.05, 4.69) is 9.73 Å². The first-order valence-electron chi connectivity index (χ1n) is 2.82. The summed E-state index contributed by atoms with van der Waals surface area (Å²) in [6.45, 7) is 4.36. The third-order valence-corrected chi connectivity index (χ3v) is 1.09. The fourth-order valence-corrected chi connectivity index (χ4v) is 0.550. The quantitative estimate of drug-likeness (QED) is 0.491. The lowest BCUT2D eigenvalue weighted by atomic mass is 9.96.